The fourth-order valence-corrected chi connectivity index (χ4v) is 4.28. The number of benzene rings is 3. The Morgan fingerprint density at radius 2 is 1.39 bits per heavy atom. The number of methoxy groups -OCH3 is 1. The highest BCUT2D eigenvalue weighted by molar-refractivity contribution is 5.76. The lowest BCUT2D eigenvalue weighted by atomic mass is 10.0. The summed E-state index contributed by atoms with van der Waals surface area (Å²) in [5, 5.41) is 0. The van der Waals surface area contributed by atoms with E-state index in [9.17, 15) is 0 Å². The van der Waals surface area contributed by atoms with Crippen LogP contribution >= 0.6 is 0 Å². The maximum Gasteiger partial charge on any atom is 0.206 e. The topological polar surface area (TPSA) is 31.4 Å². The van der Waals surface area contributed by atoms with E-state index in [0.717, 1.165) is 18.6 Å². The third kappa shape index (κ3) is 4.49. The Kier molecular flexibility index (Phi) is 6.38. The molecule has 0 aliphatic rings. The van der Waals surface area contributed by atoms with Crippen LogP contribution in [0, 0.1) is 13.8 Å². The van der Waals surface area contributed by atoms with Crippen molar-refractivity contribution in [2.24, 2.45) is 4.99 Å². The van der Waals surface area contributed by atoms with Gasteiger partial charge in [-0.2, -0.15) is 0 Å². The van der Waals surface area contributed by atoms with Gasteiger partial charge in [-0.15, -0.1) is 0 Å². The van der Waals surface area contributed by atoms with Crippen LogP contribution in [0.2, 0.25) is 0 Å². The molecule has 0 bridgehead atoms. The molecule has 4 nitrogen and oxygen atoms in total. The fourth-order valence-electron chi connectivity index (χ4n) is 4.28. The summed E-state index contributed by atoms with van der Waals surface area (Å²) < 4.78 is 10.3. The van der Waals surface area contributed by atoms with Crippen molar-refractivity contribution >= 4 is 11.0 Å². The molecular weight excluding hydrogens is 382 g/mol. The van der Waals surface area contributed by atoms with E-state index in [1.165, 1.54) is 33.3 Å². The highest BCUT2D eigenvalue weighted by atomic mass is 16.5. The van der Waals surface area contributed by atoms with Crippen molar-refractivity contribution in [3.05, 3.63) is 101 Å². The van der Waals surface area contributed by atoms with Crippen LogP contribution in [0.3, 0.4) is 0 Å². The van der Waals surface area contributed by atoms with Crippen LogP contribution < -0.4 is 5.62 Å². The van der Waals surface area contributed by atoms with Crippen LogP contribution in [0.15, 0.2) is 77.8 Å². The lowest BCUT2D eigenvalue weighted by Crippen LogP contribution is -2.32. The molecule has 0 radical (unpaired) electrons. The Morgan fingerprint density at radius 1 is 0.806 bits per heavy atom. The largest absolute Gasteiger partial charge is 0.383 e. The summed E-state index contributed by atoms with van der Waals surface area (Å²) in [6.45, 7) is 5.65. The summed E-state index contributed by atoms with van der Waals surface area (Å²) >= 11 is 0. The van der Waals surface area contributed by atoms with Crippen molar-refractivity contribution in [1.29, 1.82) is 0 Å². The number of aryl methyl sites for hydroxylation is 2. The second-order valence-corrected chi connectivity index (χ2v) is 8.25. The molecule has 1 atom stereocenters. The van der Waals surface area contributed by atoms with Gasteiger partial charge in [0.15, 0.2) is 0 Å². The molecule has 0 fully saturated rings. The molecule has 4 rings (SSSR count). The third-order valence-electron chi connectivity index (χ3n) is 5.87. The zero-order valence-electron chi connectivity index (χ0n) is 18.9. The molecule has 0 amide bonds. The summed E-state index contributed by atoms with van der Waals surface area (Å²) in [6.07, 6.45) is 0.889. The van der Waals surface area contributed by atoms with Crippen LogP contribution in [0.5, 0.6) is 0 Å². The van der Waals surface area contributed by atoms with Gasteiger partial charge in [0.1, 0.15) is 0 Å². The van der Waals surface area contributed by atoms with Crippen LogP contribution in [0.1, 0.15) is 28.3 Å². The van der Waals surface area contributed by atoms with Crippen LogP contribution in [0.25, 0.3) is 11.0 Å². The number of para-hydroxylation sites is 2. The summed E-state index contributed by atoms with van der Waals surface area (Å²) in [5.74, 6) is 0. The van der Waals surface area contributed by atoms with E-state index in [1.54, 1.807) is 7.11 Å². The number of aromatic nitrogens is 2. The van der Waals surface area contributed by atoms with E-state index in [1.807, 2.05) is 7.05 Å². The summed E-state index contributed by atoms with van der Waals surface area (Å²) in [4.78, 5) is 4.75. The average molecular weight is 414 g/mol. The maximum absolute atomic E-state index is 5.67. The van der Waals surface area contributed by atoms with Gasteiger partial charge in [-0.1, -0.05) is 71.8 Å². The van der Waals surface area contributed by atoms with Crippen molar-refractivity contribution in [2.75, 3.05) is 20.8 Å². The molecule has 0 spiro atoms. The monoisotopic (exact) mass is 413 g/mol. The molecule has 4 aromatic rings. The first-order valence-electron chi connectivity index (χ1n) is 10.8. The SMILES string of the molecule is CN=c1n(Cc2ccc(C)cc2)c2ccccc2n1C(COC)Cc1ccc(C)cc1. The number of nitrogens with zero attached hydrogens (tertiary/aromatic N) is 3. The van der Waals surface area contributed by atoms with E-state index in [-0.39, 0.29) is 6.04 Å². The van der Waals surface area contributed by atoms with Crippen LogP contribution in [-0.4, -0.2) is 29.9 Å². The second kappa shape index (κ2) is 9.36. The van der Waals surface area contributed by atoms with Crippen molar-refractivity contribution in [2.45, 2.75) is 32.9 Å². The molecule has 0 aliphatic heterocycles. The Bertz CT molecular complexity index is 1210. The number of hydrogen-bond donors (Lipinski definition) is 0. The van der Waals surface area contributed by atoms with Gasteiger partial charge in [0.25, 0.3) is 0 Å². The van der Waals surface area contributed by atoms with Gasteiger partial charge in [-0.05, 0) is 43.5 Å². The number of imidazole rings is 1. The van der Waals surface area contributed by atoms with Gasteiger partial charge in [0.2, 0.25) is 5.62 Å². The van der Waals surface area contributed by atoms with E-state index in [2.05, 4.69) is 95.8 Å². The van der Waals surface area contributed by atoms with Crippen LogP contribution in [0.4, 0.5) is 0 Å². The molecule has 0 N–H and O–H groups in total. The maximum atomic E-state index is 5.67. The van der Waals surface area contributed by atoms with E-state index in [0.29, 0.717) is 6.61 Å². The highest BCUT2D eigenvalue weighted by Crippen LogP contribution is 2.22. The zero-order valence-corrected chi connectivity index (χ0v) is 18.9. The standard InChI is InChI=1S/C27H31N3O/c1-20-9-13-22(14-10-20)17-24(19-31-4)30-26-8-6-5-7-25(26)29(27(30)28-3)18-23-15-11-21(2)12-16-23/h5-16,24H,17-19H2,1-4H3. The first-order valence-corrected chi connectivity index (χ1v) is 10.8. The fraction of sp³-hybridized carbons (Fsp3) is 0.296. The average Bonchev–Trinajstić information content (AvgIpc) is 3.10. The number of rotatable bonds is 7. The van der Waals surface area contributed by atoms with Gasteiger partial charge >= 0.3 is 0 Å². The highest BCUT2D eigenvalue weighted by Gasteiger charge is 2.20. The first kappa shape index (κ1) is 21.1. The Hall–Kier alpha value is -3.11. The molecule has 3 aromatic carbocycles. The minimum Gasteiger partial charge on any atom is -0.383 e. The molecule has 4 heteroatoms. The summed E-state index contributed by atoms with van der Waals surface area (Å²) in [7, 11) is 3.66. The third-order valence-corrected chi connectivity index (χ3v) is 5.87. The van der Waals surface area contributed by atoms with Gasteiger partial charge in [-0.3, -0.25) is 4.99 Å². The summed E-state index contributed by atoms with van der Waals surface area (Å²) in [5.41, 5.74) is 8.46. The van der Waals surface area contributed by atoms with E-state index < -0.39 is 0 Å². The predicted octanol–water partition coefficient (Wildman–Crippen LogP) is 5.07. The molecule has 1 heterocycles. The van der Waals surface area contributed by atoms with Gasteiger partial charge < -0.3 is 13.9 Å². The zero-order chi connectivity index (χ0) is 21.8. The first-order chi connectivity index (χ1) is 15.1. The van der Waals surface area contributed by atoms with E-state index in [4.69, 9.17) is 9.73 Å². The lowest BCUT2D eigenvalue weighted by molar-refractivity contribution is 0.154. The molecule has 0 saturated heterocycles. The number of hydrogen-bond acceptors (Lipinski definition) is 2. The Balaban J connectivity index is 1.83. The Labute approximate surface area is 184 Å². The quantitative estimate of drug-likeness (QED) is 0.416. The second-order valence-electron chi connectivity index (χ2n) is 8.25. The molecular formula is C27H31N3O. The normalized spacial score (nSPS) is 13.1. The molecule has 160 valence electrons. The Morgan fingerprint density at radius 3 is 1.97 bits per heavy atom. The lowest BCUT2D eigenvalue weighted by Gasteiger charge is -2.19. The molecule has 0 aliphatic carbocycles. The van der Waals surface area contributed by atoms with E-state index >= 15 is 0 Å². The number of ether oxygens (including phenoxy) is 1. The minimum absolute atomic E-state index is 0.149. The van der Waals surface area contributed by atoms with Crippen molar-refractivity contribution < 1.29 is 4.74 Å². The van der Waals surface area contributed by atoms with Crippen molar-refractivity contribution in [3.8, 4) is 0 Å². The molecule has 0 saturated carbocycles. The predicted molar refractivity (Wildman–Crippen MR) is 127 cm³/mol. The molecule has 31 heavy (non-hydrogen) atoms. The van der Waals surface area contributed by atoms with Gasteiger partial charge in [0.05, 0.1) is 30.2 Å². The molecule has 1 aromatic heterocycles. The van der Waals surface area contributed by atoms with Crippen molar-refractivity contribution in [3.63, 3.8) is 0 Å². The number of fused-ring (bicyclic) bond motifs is 1. The van der Waals surface area contributed by atoms with Gasteiger partial charge in [-0.25, -0.2) is 0 Å². The molecule has 1 unspecified atom stereocenters. The minimum atomic E-state index is 0.149. The van der Waals surface area contributed by atoms with Crippen molar-refractivity contribution in [1.82, 2.24) is 9.13 Å². The summed E-state index contributed by atoms with van der Waals surface area (Å²) in [6, 6.07) is 26.2. The smallest absolute Gasteiger partial charge is 0.206 e. The van der Waals surface area contributed by atoms with Gasteiger partial charge in [0, 0.05) is 14.2 Å². The van der Waals surface area contributed by atoms with Crippen LogP contribution in [-0.2, 0) is 17.7 Å².